The van der Waals surface area contributed by atoms with Gasteiger partial charge in [0.2, 0.25) is 11.2 Å². The Morgan fingerprint density at radius 3 is 1.88 bits per heavy atom. The van der Waals surface area contributed by atoms with Crippen LogP contribution in [0.5, 0.6) is 5.75 Å². The maximum absolute atomic E-state index is 10.0. The van der Waals surface area contributed by atoms with Crippen LogP contribution in [0.2, 0.25) is 0 Å². The summed E-state index contributed by atoms with van der Waals surface area (Å²) >= 11 is 0. The molecule has 1 N–H and O–H groups in total. The summed E-state index contributed by atoms with van der Waals surface area (Å²) in [5.74, 6) is 3.62. The van der Waals surface area contributed by atoms with Crippen LogP contribution in [0.1, 0.15) is 129 Å². The van der Waals surface area contributed by atoms with Crippen molar-refractivity contribution in [3.05, 3.63) is 500 Å². The minimum atomic E-state index is -0.411. The zero-order chi connectivity index (χ0) is 102. The fourth-order valence-corrected chi connectivity index (χ4v) is 18.5. The number of hydrogen-bond acceptors (Lipinski definition) is 9. The summed E-state index contributed by atoms with van der Waals surface area (Å²) < 4.78 is 76.6. The van der Waals surface area contributed by atoms with E-state index in [0.29, 0.717) is 35.4 Å². The second-order valence-electron chi connectivity index (χ2n) is 35.1. The number of aliphatic hydroxyl groups is 1. The van der Waals surface area contributed by atoms with Crippen LogP contribution < -0.4 is 23.5 Å². The number of imidazole rings is 1. The summed E-state index contributed by atoms with van der Waals surface area (Å²) in [7, 11) is 0. The van der Waals surface area contributed by atoms with Gasteiger partial charge in [-0.2, -0.15) is 9.13 Å². The van der Waals surface area contributed by atoms with Gasteiger partial charge in [-0.1, -0.05) is 276 Å². The monoisotopic (exact) mass is 2190 g/mol. The topological polar surface area (TPSA) is 126 Å². The molecule has 0 aliphatic carbocycles. The molecule has 0 saturated carbocycles. The Morgan fingerprint density at radius 1 is 0.550 bits per heavy atom. The molecule has 0 bridgehead atoms. The number of fused-ring (bicyclic) bond motifs is 16. The van der Waals surface area contributed by atoms with Gasteiger partial charge in [0, 0.05) is 150 Å². The summed E-state index contributed by atoms with van der Waals surface area (Å²) in [6, 6.07) is 109. The van der Waals surface area contributed by atoms with Crippen LogP contribution in [-0.2, 0) is 71.1 Å². The number of benzene rings is 13. The van der Waals surface area contributed by atoms with E-state index in [1.54, 1.807) is 12.4 Å². The normalized spacial score (nSPS) is 14.2. The fourth-order valence-electron chi connectivity index (χ4n) is 18.5. The first kappa shape index (κ1) is 86.1. The van der Waals surface area contributed by atoms with E-state index < -0.39 is 12.1 Å². The van der Waals surface area contributed by atoms with Crippen molar-refractivity contribution < 1.29 is 79.6 Å². The standard InChI is InChI=1S/C27H18N.C22H25N2.C18H16N3.C15H10NO.C14H12N2.C12H10N.C11H8N.C5H8O2.2Ir/c1-4-10-20(11-5-1)23-16-17-26-25(18-23)24(21-12-6-2-7-13-21)19-27(28-26)22-14-8-3-9-15-22;1-15(2)18-10-7-11-19(16(3)4)21(18)24-13-12-23-14-17-8-5-6-9-20(17)22(23)24;1-11(2)21-19-17-15-8-4-3-7-13(15)14-9-5-6-12-10-20(21)18(17)16(12)14;1-11-13(14-7-4-5-9-16-14)10-12-6-2-3-8-15(12)17-11;1-2-7-13-11(5-1)9-14-15-8-4-3-6-12(15)10-16(13)14;1-2-6-11-10(5-1)9-13-8-4-3-7-12(11)13;1-2-6-10(7-3-1)11-8-4-5-9-12-11;1-4(6)3-5(2)7;;/h1-14,16-19H;5-13,15-16H,14H2,1-4H3;3-9,11H,10H2,1-2H3;2-9H,1H2;1-8,10,14H,9H2;1-8H,9H2;1-6,8-9H;3,6H,1-2H3;;/q-1;2*+1;-1;;+1;-1;;;/i;;;;;1D,2D,3D,4D,5D,6D,7D,8D;;;;. The quantitative estimate of drug-likeness (QED) is 0.0468. The number of aromatic nitrogens is 9. The summed E-state index contributed by atoms with van der Waals surface area (Å²) in [5, 5.41) is 19.7. The number of carbonyl (C=O) groups excluding carboxylic acids is 1. The predicted octanol–water partition coefficient (Wildman–Crippen LogP) is 27.1. The van der Waals surface area contributed by atoms with E-state index in [1.807, 2.05) is 115 Å². The second kappa shape index (κ2) is 43.9. The van der Waals surface area contributed by atoms with Crippen LogP contribution in [-0.4, -0.2) is 51.4 Å². The SMILES string of the molecule is C1=CC2=CN3c4ccccc4CC3N2C=C1.C=C1Oc2ccccc2[C-]=C1c1ccccn1.CC(=O)C=C(C)O.CC(C)c1cccc(C(C)C)c1-n1cc[n+]2c1-c1ccccc1C2.CC(C)n1nc2c3ccccc3c3cccc4c3c2[n+]1C4.[2H]c1c([2H])c([2H])c2c(c1[2H])C[n+]1c([2H])c([2H])c([2H])c([2H])c1-2.[Ir].[Ir].[c-]1ccccc1-c1cc(-c2ccccc2)c2cc(-c3ccccc3)ccc2n1.[c-]1ccccc1-c1ccccn1. The number of aliphatic hydroxyl groups excluding tert-OH is 1. The van der Waals surface area contributed by atoms with Gasteiger partial charge in [0.1, 0.15) is 44.7 Å². The Hall–Kier alpha value is -15.5. The van der Waals surface area contributed by atoms with Gasteiger partial charge in [-0.05, 0) is 161 Å². The molecule has 14 nitrogen and oxygen atoms in total. The third-order valence-electron chi connectivity index (χ3n) is 24.8. The molecule has 1 atom stereocenters. The molecule has 13 heterocycles. The number of carbonyl (C=O) groups is 1. The van der Waals surface area contributed by atoms with Gasteiger partial charge in [-0.3, -0.25) is 14.8 Å². The van der Waals surface area contributed by atoms with E-state index in [2.05, 4.69) is 336 Å². The average molecular weight is 2190 g/mol. The number of rotatable bonds is 10. The number of pyridine rings is 4. The molecule has 0 amide bonds. The molecule has 19 aromatic rings. The van der Waals surface area contributed by atoms with E-state index in [4.69, 9.17) is 30.9 Å². The fraction of sp³-hybridized carbons (Fsp3) is 0.129. The second-order valence-corrected chi connectivity index (χ2v) is 35.1. The summed E-state index contributed by atoms with van der Waals surface area (Å²) in [5.41, 5.74) is 27.8. The molecule has 26 rings (SSSR count). The van der Waals surface area contributed by atoms with Crippen LogP contribution in [0.25, 0.3) is 122 Å². The predicted molar refractivity (Wildman–Crippen MR) is 558 cm³/mol. The van der Waals surface area contributed by atoms with Crippen LogP contribution in [0.4, 0.5) is 5.69 Å². The molecule has 1 unspecified atom stereocenters. The molecule has 694 valence electrons. The van der Waals surface area contributed by atoms with E-state index in [9.17, 15) is 4.79 Å². The van der Waals surface area contributed by atoms with Crippen molar-refractivity contribution in [2.75, 3.05) is 4.90 Å². The number of ketones is 1. The minimum absolute atomic E-state index is 0. The van der Waals surface area contributed by atoms with Crippen LogP contribution in [0.3, 0.4) is 0 Å². The van der Waals surface area contributed by atoms with Crippen LogP contribution >= 0.6 is 0 Å². The number of anilines is 1. The zero-order valence-corrected chi connectivity index (χ0v) is 83.6. The molecule has 16 heteroatoms. The summed E-state index contributed by atoms with van der Waals surface area (Å²) in [6.45, 7) is 22.2. The molecule has 7 aliphatic rings. The van der Waals surface area contributed by atoms with Gasteiger partial charge in [-0.25, -0.2) is 4.57 Å². The third kappa shape index (κ3) is 20.7. The molecule has 7 aliphatic heterocycles. The van der Waals surface area contributed by atoms with Gasteiger partial charge < -0.3 is 24.6 Å². The molecule has 0 spiro atoms. The third-order valence-corrected chi connectivity index (χ3v) is 24.8. The number of ether oxygens (including phenoxy) is 1. The average Bonchev–Trinajstić information content (AvgIpc) is 1.53. The maximum atomic E-state index is 10.0. The van der Waals surface area contributed by atoms with Gasteiger partial charge in [0.25, 0.3) is 11.3 Å². The molecular formula is C124H107Ir2N11O3. The van der Waals surface area contributed by atoms with E-state index >= 15 is 0 Å². The van der Waals surface area contributed by atoms with E-state index in [0.717, 1.165) is 81.0 Å². The van der Waals surface area contributed by atoms with E-state index in [1.165, 1.54) is 130 Å². The molecule has 0 saturated heterocycles. The zero-order valence-electron chi connectivity index (χ0n) is 86.8. The minimum Gasteiger partial charge on any atom is -0.527 e. The van der Waals surface area contributed by atoms with Crippen molar-refractivity contribution in [3.63, 3.8) is 0 Å². The van der Waals surface area contributed by atoms with Crippen molar-refractivity contribution >= 4 is 60.5 Å². The van der Waals surface area contributed by atoms with Gasteiger partial charge in [-0.15, -0.1) is 88.6 Å². The van der Waals surface area contributed by atoms with Crippen molar-refractivity contribution in [1.82, 2.24) is 34.3 Å². The summed E-state index contributed by atoms with van der Waals surface area (Å²) in [4.78, 5) is 30.3. The van der Waals surface area contributed by atoms with Gasteiger partial charge >= 0.3 is 0 Å². The smallest absolute Gasteiger partial charge is 0.294 e. The number of allylic oxidation sites excluding steroid dienone is 6. The molecule has 140 heavy (non-hydrogen) atoms. The van der Waals surface area contributed by atoms with Gasteiger partial charge in [0.05, 0.1) is 49.2 Å². The Morgan fingerprint density at radius 2 is 1.18 bits per heavy atom. The van der Waals surface area contributed by atoms with Crippen LogP contribution in [0.15, 0.2) is 437 Å². The number of hydrogen-bond donors (Lipinski definition) is 1. The molecular weight excluding hydrogens is 2080 g/mol. The molecule has 2 radical (unpaired) electrons. The van der Waals surface area contributed by atoms with E-state index in [-0.39, 0.29) is 106 Å². The maximum Gasteiger partial charge on any atom is 0.294 e. The number of nitrogens with zero attached hydrogens (tertiary/aromatic N) is 11. The first-order chi connectivity index (χ1) is 70.8. The first-order valence-electron chi connectivity index (χ1n) is 50.5. The Labute approximate surface area is 857 Å². The summed E-state index contributed by atoms with van der Waals surface area (Å²) in [6.07, 6.45) is 24.5. The number of para-hydroxylation sites is 3. The van der Waals surface area contributed by atoms with Crippen molar-refractivity contribution in [3.8, 4) is 78.9 Å². The largest absolute Gasteiger partial charge is 0.527 e. The first-order valence-corrected chi connectivity index (χ1v) is 46.5. The van der Waals surface area contributed by atoms with Crippen molar-refractivity contribution in [2.24, 2.45) is 0 Å². The van der Waals surface area contributed by atoms with Crippen molar-refractivity contribution in [1.29, 1.82) is 0 Å². The Balaban J connectivity index is 0.000000117. The van der Waals surface area contributed by atoms with Gasteiger partial charge in [0.15, 0.2) is 18.5 Å². The Bertz CT molecular complexity index is 8260. The van der Waals surface area contributed by atoms with Crippen LogP contribution in [0, 0.1) is 18.2 Å². The molecule has 13 aromatic carbocycles. The molecule has 6 aromatic heterocycles. The van der Waals surface area contributed by atoms with Crippen molar-refractivity contribution in [2.45, 2.75) is 105 Å². The Kier molecular flexibility index (Phi) is 27.0. The molecule has 0 fully saturated rings.